The first-order valence-corrected chi connectivity index (χ1v) is 6.96. The lowest BCUT2D eigenvalue weighted by molar-refractivity contribution is 0.0320. The zero-order valence-corrected chi connectivity index (χ0v) is 11.8. The Bertz CT molecular complexity index is 416. The van der Waals surface area contributed by atoms with Gasteiger partial charge in [-0.25, -0.2) is 4.98 Å². The SMILES string of the molecule is CCNC(=O)c1ccc(OCCN2CCOCC2)nc1. The predicted molar refractivity (Wildman–Crippen MR) is 75.0 cm³/mol. The molecule has 1 amide bonds. The third kappa shape index (κ3) is 4.47. The third-order valence-electron chi connectivity index (χ3n) is 3.10. The molecule has 1 aromatic heterocycles. The highest BCUT2D eigenvalue weighted by Crippen LogP contribution is 2.08. The summed E-state index contributed by atoms with van der Waals surface area (Å²) in [5.74, 6) is 0.436. The Balaban J connectivity index is 1.74. The Labute approximate surface area is 119 Å². The maximum atomic E-state index is 11.6. The number of aromatic nitrogens is 1. The molecule has 6 nitrogen and oxygen atoms in total. The molecule has 0 bridgehead atoms. The molecule has 1 fully saturated rings. The molecule has 6 heteroatoms. The lowest BCUT2D eigenvalue weighted by Gasteiger charge is -2.26. The quantitative estimate of drug-likeness (QED) is 0.823. The van der Waals surface area contributed by atoms with Crippen molar-refractivity contribution in [3.63, 3.8) is 0 Å². The van der Waals surface area contributed by atoms with Gasteiger partial charge in [-0.3, -0.25) is 9.69 Å². The average molecular weight is 279 g/mol. The highest BCUT2D eigenvalue weighted by molar-refractivity contribution is 5.93. The van der Waals surface area contributed by atoms with E-state index >= 15 is 0 Å². The summed E-state index contributed by atoms with van der Waals surface area (Å²) in [7, 11) is 0. The molecule has 20 heavy (non-hydrogen) atoms. The molecule has 2 heterocycles. The van der Waals surface area contributed by atoms with Crippen LogP contribution in [0.1, 0.15) is 17.3 Å². The van der Waals surface area contributed by atoms with Crippen LogP contribution in [0.2, 0.25) is 0 Å². The van der Waals surface area contributed by atoms with E-state index in [1.54, 1.807) is 12.1 Å². The molecule has 1 aromatic rings. The van der Waals surface area contributed by atoms with Gasteiger partial charge in [-0.1, -0.05) is 0 Å². The number of rotatable bonds is 6. The number of hydrogen-bond acceptors (Lipinski definition) is 5. The monoisotopic (exact) mass is 279 g/mol. The van der Waals surface area contributed by atoms with Gasteiger partial charge in [0.25, 0.3) is 5.91 Å². The number of morpholine rings is 1. The maximum absolute atomic E-state index is 11.6. The van der Waals surface area contributed by atoms with Crippen LogP contribution in [0.15, 0.2) is 18.3 Å². The number of hydrogen-bond donors (Lipinski definition) is 1. The molecule has 1 N–H and O–H groups in total. The third-order valence-corrected chi connectivity index (χ3v) is 3.10. The molecule has 0 radical (unpaired) electrons. The molecule has 0 aliphatic carbocycles. The normalized spacial score (nSPS) is 15.8. The van der Waals surface area contributed by atoms with Crippen LogP contribution in [-0.2, 0) is 4.74 Å². The fraction of sp³-hybridized carbons (Fsp3) is 0.571. The number of carbonyl (C=O) groups excluding carboxylic acids is 1. The Morgan fingerprint density at radius 1 is 1.45 bits per heavy atom. The van der Waals surface area contributed by atoms with E-state index in [1.807, 2.05) is 6.92 Å². The van der Waals surface area contributed by atoms with E-state index < -0.39 is 0 Å². The number of ether oxygens (including phenoxy) is 2. The van der Waals surface area contributed by atoms with Gasteiger partial charge in [-0.05, 0) is 13.0 Å². The van der Waals surface area contributed by atoms with Crippen molar-refractivity contribution in [1.82, 2.24) is 15.2 Å². The highest BCUT2D eigenvalue weighted by Gasteiger charge is 2.10. The highest BCUT2D eigenvalue weighted by atomic mass is 16.5. The van der Waals surface area contributed by atoms with E-state index in [4.69, 9.17) is 9.47 Å². The lowest BCUT2D eigenvalue weighted by atomic mass is 10.2. The minimum absolute atomic E-state index is 0.111. The van der Waals surface area contributed by atoms with E-state index in [0.29, 0.717) is 24.6 Å². The van der Waals surface area contributed by atoms with Gasteiger partial charge in [-0.2, -0.15) is 0 Å². The van der Waals surface area contributed by atoms with Gasteiger partial charge in [0.2, 0.25) is 5.88 Å². The van der Waals surface area contributed by atoms with Crippen molar-refractivity contribution in [1.29, 1.82) is 0 Å². The molecule has 0 saturated carbocycles. The second-order valence-corrected chi connectivity index (χ2v) is 4.55. The molecule has 1 aliphatic rings. The summed E-state index contributed by atoms with van der Waals surface area (Å²) < 4.78 is 10.9. The zero-order valence-electron chi connectivity index (χ0n) is 11.8. The second kappa shape index (κ2) is 7.81. The molecule has 110 valence electrons. The van der Waals surface area contributed by atoms with Crippen LogP contribution in [0.5, 0.6) is 5.88 Å². The standard InChI is InChI=1S/C14H21N3O3/c1-2-15-14(18)12-3-4-13(16-11-12)20-10-7-17-5-8-19-9-6-17/h3-4,11H,2,5-10H2,1H3,(H,15,18). The van der Waals surface area contributed by atoms with Gasteiger partial charge in [0.1, 0.15) is 6.61 Å². The van der Waals surface area contributed by atoms with Gasteiger partial charge >= 0.3 is 0 Å². The van der Waals surface area contributed by atoms with Gasteiger partial charge in [0.05, 0.1) is 18.8 Å². The Morgan fingerprint density at radius 3 is 2.90 bits per heavy atom. The van der Waals surface area contributed by atoms with Gasteiger partial charge in [0, 0.05) is 38.4 Å². The molecule has 1 saturated heterocycles. The zero-order chi connectivity index (χ0) is 14.2. The minimum atomic E-state index is -0.111. The molecular weight excluding hydrogens is 258 g/mol. The summed E-state index contributed by atoms with van der Waals surface area (Å²) in [5, 5.41) is 2.73. The van der Waals surface area contributed by atoms with Crippen LogP contribution < -0.4 is 10.1 Å². The van der Waals surface area contributed by atoms with Crippen LogP contribution in [0.4, 0.5) is 0 Å². The number of carbonyl (C=O) groups is 1. The number of nitrogens with zero attached hydrogens (tertiary/aromatic N) is 2. The summed E-state index contributed by atoms with van der Waals surface area (Å²) in [4.78, 5) is 18.0. The van der Waals surface area contributed by atoms with E-state index in [9.17, 15) is 4.79 Å². The van der Waals surface area contributed by atoms with Crippen molar-refractivity contribution in [2.75, 3.05) is 46.0 Å². The predicted octanol–water partition coefficient (Wildman–Crippen LogP) is 0.542. The number of amides is 1. The molecule has 0 atom stereocenters. The van der Waals surface area contributed by atoms with Crippen molar-refractivity contribution in [2.24, 2.45) is 0 Å². The van der Waals surface area contributed by atoms with E-state index in [-0.39, 0.29) is 5.91 Å². The van der Waals surface area contributed by atoms with Gasteiger partial charge in [-0.15, -0.1) is 0 Å². The van der Waals surface area contributed by atoms with Crippen molar-refractivity contribution in [2.45, 2.75) is 6.92 Å². The summed E-state index contributed by atoms with van der Waals surface area (Å²) >= 11 is 0. The van der Waals surface area contributed by atoms with Crippen LogP contribution in [0, 0.1) is 0 Å². The number of pyridine rings is 1. The number of nitrogens with one attached hydrogen (secondary N) is 1. The van der Waals surface area contributed by atoms with Crippen LogP contribution in [0.25, 0.3) is 0 Å². The van der Waals surface area contributed by atoms with Crippen LogP contribution in [0.3, 0.4) is 0 Å². The average Bonchev–Trinajstić information content (AvgIpc) is 2.49. The molecule has 1 aliphatic heterocycles. The Kier molecular flexibility index (Phi) is 5.76. The summed E-state index contributed by atoms with van der Waals surface area (Å²) in [6, 6.07) is 3.45. The fourth-order valence-electron chi connectivity index (χ4n) is 1.97. The molecule has 0 aromatic carbocycles. The van der Waals surface area contributed by atoms with Crippen LogP contribution in [-0.4, -0.2) is 61.8 Å². The minimum Gasteiger partial charge on any atom is -0.476 e. The van der Waals surface area contributed by atoms with E-state index in [0.717, 1.165) is 32.8 Å². The van der Waals surface area contributed by atoms with Crippen LogP contribution >= 0.6 is 0 Å². The second-order valence-electron chi connectivity index (χ2n) is 4.55. The molecular formula is C14H21N3O3. The summed E-state index contributed by atoms with van der Waals surface area (Å²) in [6.07, 6.45) is 1.54. The Hall–Kier alpha value is -1.66. The van der Waals surface area contributed by atoms with Crippen molar-refractivity contribution in [3.05, 3.63) is 23.9 Å². The van der Waals surface area contributed by atoms with Crippen molar-refractivity contribution < 1.29 is 14.3 Å². The summed E-state index contributed by atoms with van der Waals surface area (Å²) in [5.41, 5.74) is 0.548. The molecule has 0 spiro atoms. The lowest BCUT2D eigenvalue weighted by Crippen LogP contribution is -2.38. The molecule has 2 rings (SSSR count). The van der Waals surface area contributed by atoms with E-state index in [1.165, 1.54) is 6.20 Å². The van der Waals surface area contributed by atoms with Crippen molar-refractivity contribution in [3.8, 4) is 5.88 Å². The first kappa shape index (κ1) is 14.7. The smallest absolute Gasteiger partial charge is 0.252 e. The Morgan fingerprint density at radius 2 is 2.25 bits per heavy atom. The first-order chi connectivity index (χ1) is 9.79. The molecule has 0 unspecified atom stereocenters. The van der Waals surface area contributed by atoms with Crippen molar-refractivity contribution >= 4 is 5.91 Å². The first-order valence-electron chi connectivity index (χ1n) is 6.96. The topological polar surface area (TPSA) is 63.7 Å². The maximum Gasteiger partial charge on any atom is 0.252 e. The van der Waals surface area contributed by atoms with E-state index in [2.05, 4.69) is 15.2 Å². The van der Waals surface area contributed by atoms with Gasteiger partial charge in [0.15, 0.2) is 0 Å². The van der Waals surface area contributed by atoms with Gasteiger partial charge < -0.3 is 14.8 Å². The fourth-order valence-corrected chi connectivity index (χ4v) is 1.97. The summed E-state index contributed by atoms with van der Waals surface area (Å²) in [6.45, 7) is 7.43. The largest absolute Gasteiger partial charge is 0.476 e.